The monoisotopic (exact) mass is 224 g/mol. The highest BCUT2D eigenvalue weighted by Crippen LogP contribution is 2.21. The van der Waals surface area contributed by atoms with Gasteiger partial charge in [0.25, 0.3) is 0 Å². The minimum Gasteiger partial charge on any atom is -0.494 e. The molecule has 0 unspecified atom stereocenters. The zero-order chi connectivity index (χ0) is 11.5. The predicted octanol–water partition coefficient (Wildman–Crippen LogP) is 1.29. The quantitative estimate of drug-likeness (QED) is 0.841. The second kappa shape index (κ2) is 4.49. The van der Waals surface area contributed by atoms with Gasteiger partial charge in [-0.2, -0.15) is 0 Å². The second-order valence-corrected chi connectivity index (χ2v) is 3.55. The van der Waals surface area contributed by atoms with Gasteiger partial charge in [-0.3, -0.25) is 0 Å². The Morgan fingerprint density at radius 1 is 1.62 bits per heavy atom. The van der Waals surface area contributed by atoms with E-state index < -0.39 is 5.82 Å². The summed E-state index contributed by atoms with van der Waals surface area (Å²) in [5.41, 5.74) is 6.88. The van der Waals surface area contributed by atoms with Gasteiger partial charge in [-0.15, -0.1) is 0 Å². The Balaban J connectivity index is 2.20. The molecule has 0 saturated heterocycles. The molecule has 5 heteroatoms. The molecule has 1 aromatic carbocycles. The third-order valence-corrected chi connectivity index (χ3v) is 2.48. The highest BCUT2D eigenvalue weighted by atomic mass is 19.1. The van der Waals surface area contributed by atoms with Crippen molar-refractivity contribution in [2.24, 2.45) is 10.9 Å². The molecule has 1 heterocycles. The number of methoxy groups -OCH3 is 1. The summed E-state index contributed by atoms with van der Waals surface area (Å²) in [4.78, 5) is 5.07. The minimum atomic E-state index is -0.404. The highest BCUT2D eigenvalue weighted by molar-refractivity contribution is 6.01. The van der Waals surface area contributed by atoms with Crippen molar-refractivity contribution in [1.82, 2.24) is 0 Å². The molecule has 2 rings (SSSR count). The molecule has 0 radical (unpaired) electrons. The Bertz CT molecular complexity index is 420. The number of halogens is 1. The van der Waals surface area contributed by atoms with Crippen molar-refractivity contribution in [1.29, 1.82) is 0 Å². The van der Waals surface area contributed by atoms with E-state index in [-0.39, 0.29) is 11.9 Å². The van der Waals surface area contributed by atoms with Crippen LogP contribution in [0.25, 0.3) is 0 Å². The van der Waals surface area contributed by atoms with Crippen LogP contribution in [0, 0.1) is 5.82 Å². The van der Waals surface area contributed by atoms with Crippen LogP contribution in [0.2, 0.25) is 0 Å². The lowest BCUT2D eigenvalue weighted by molar-refractivity contribution is 0.0918. The zero-order valence-electron chi connectivity index (χ0n) is 8.94. The number of hydrogen-bond acceptors (Lipinski definition) is 4. The maximum absolute atomic E-state index is 13.4. The Kier molecular flexibility index (Phi) is 3.05. The van der Waals surface area contributed by atoms with E-state index in [1.807, 2.05) is 0 Å². The largest absolute Gasteiger partial charge is 0.494 e. The third-order valence-electron chi connectivity index (χ3n) is 2.48. The van der Waals surface area contributed by atoms with Crippen LogP contribution in [0.3, 0.4) is 0 Å². The number of oxime groups is 1. The first-order chi connectivity index (χ1) is 7.74. The van der Waals surface area contributed by atoms with Crippen LogP contribution in [0.5, 0.6) is 5.75 Å². The van der Waals surface area contributed by atoms with E-state index in [1.54, 1.807) is 12.1 Å². The molecular formula is C11H13FN2O2. The molecule has 0 aromatic heterocycles. The summed E-state index contributed by atoms with van der Waals surface area (Å²) in [6, 6.07) is 4.71. The molecule has 1 aliphatic heterocycles. The summed E-state index contributed by atoms with van der Waals surface area (Å²) >= 11 is 0. The summed E-state index contributed by atoms with van der Waals surface area (Å²) in [6.45, 7) is 0.408. The minimum absolute atomic E-state index is 0.0971. The normalized spacial score (nSPS) is 19.2. The predicted molar refractivity (Wildman–Crippen MR) is 58.0 cm³/mol. The van der Waals surface area contributed by atoms with Gasteiger partial charge in [0.2, 0.25) is 0 Å². The molecule has 0 spiro atoms. The summed E-state index contributed by atoms with van der Waals surface area (Å²) < 4.78 is 18.3. The third kappa shape index (κ3) is 1.99. The van der Waals surface area contributed by atoms with Gasteiger partial charge in [-0.25, -0.2) is 4.39 Å². The van der Waals surface area contributed by atoms with Crippen molar-refractivity contribution in [3.8, 4) is 5.75 Å². The topological polar surface area (TPSA) is 56.8 Å². The van der Waals surface area contributed by atoms with E-state index in [0.29, 0.717) is 18.5 Å². The van der Waals surface area contributed by atoms with Crippen molar-refractivity contribution in [3.05, 3.63) is 29.6 Å². The Hall–Kier alpha value is -1.62. The summed E-state index contributed by atoms with van der Waals surface area (Å²) in [5.74, 6) is -0.183. The first kappa shape index (κ1) is 10.9. The first-order valence-corrected chi connectivity index (χ1v) is 5.01. The van der Waals surface area contributed by atoms with Crippen molar-refractivity contribution < 1.29 is 14.0 Å². The Morgan fingerprint density at radius 3 is 3.00 bits per heavy atom. The SMILES string of the molecule is COc1ccc(C2=NO[C@H](CN)C2)cc1F. The van der Waals surface area contributed by atoms with Crippen LogP contribution in [-0.2, 0) is 4.84 Å². The molecule has 2 N–H and O–H groups in total. The van der Waals surface area contributed by atoms with Gasteiger partial charge >= 0.3 is 0 Å². The smallest absolute Gasteiger partial charge is 0.165 e. The van der Waals surface area contributed by atoms with Gasteiger partial charge in [0.05, 0.1) is 12.8 Å². The van der Waals surface area contributed by atoms with Crippen LogP contribution in [0.15, 0.2) is 23.4 Å². The van der Waals surface area contributed by atoms with E-state index in [0.717, 1.165) is 5.71 Å². The molecule has 0 bridgehead atoms. The highest BCUT2D eigenvalue weighted by Gasteiger charge is 2.21. The van der Waals surface area contributed by atoms with Crippen molar-refractivity contribution in [3.63, 3.8) is 0 Å². The van der Waals surface area contributed by atoms with Gasteiger partial charge < -0.3 is 15.3 Å². The van der Waals surface area contributed by atoms with Crippen LogP contribution in [-0.4, -0.2) is 25.5 Å². The van der Waals surface area contributed by atoms with Crippen molar-refractivity contribution in [2.45, 2.75) is 12.5 Å². The van der Waals surface area contributed by atoms with Crippen LogP contribution in [0.1, 0.15) is 12.0 Å². The van der Waals surface area contributed by atoms with Gasteiger partial charge in [0.15, 0.2) is 11.6 Å². The van der Waals surface area contributed by atoms with Gasteiger partial charge in [0, 0.05) is 18.5 Å². The summed E-state index contributed by atoms with van der Waals surface area (Å²) in [7, 11) is 1.43. The maximum Gasteiger partial charge on any atom is 0.165 e. The molecule has 1 aliphatic rings. The van der Waals surface area contributed by atoms with E-state index in [4.69, 9.17) is 15.3 Å². The average Bonchev–Trinajstić information content (AvgIpc) is 2.77. The number of benzene rings is 1. The van der Waals surface area contributed by atoms with Crippen LogP contribution >= 0.6 is 0 Å². The van der Waals surface area contributed by atoms with E-state index in [9.17, 15) is 4.39 Å². The molecule has 1 atom stereocenters. The summed E-state index contributed by atoms with van der Waals surface area (Å²) in [5, 5.41) is 3.88. The Labute approximate surface area is 92.8 Å². The standard InChI is InChI=1S/C11H13FN2O2/c1-15-11-3-2-7(4-9(11)12)10-5-8(6-13)16-14-10/h2-4,8H,5-6,13H2,1H3/t8-/m0/s1. The van der Waals surface area contributed by atoms with Crippen LogP contribution in [0.4, 0.5) is 4.39 Å². The second-order valence-electron chi connectivity index (χ2n) is 3.55. The fourth-order valence-electron chi connectivity index (χ4n) is 1.57. The lowest BCUT2D eigenvalue weighted by Gasteiger charge is -2.04. The van der Waals surface area contributed by atoms with Gasteiger partial charge in [0.1, 0.15) is 6.10 Å². The summed E-state index contributed by atoms with van der Waals surface area (Å²) in [6.07, 6.45) is 0.516. The number of nitrogens with zero attached hydrogens (tertiary/aromatic N) is 1. The van der Waals surface area contributed by atoms with E-state index in [2.05, 4.69) is 5.16 Å². The number of ether oxygens (including phenoxy) is 1. The number of hydrogen-bond donors (Lipinski definition) is 1. The van der Waals surface area contributed by atoms with Gasteiger partial charge in [-0.05, 0) is 18.2 Å². The molecule has 86 valence electrons. The average molecular weight is 224 g/mol. The molecule has 16 heavy (non-hydrogen) atoms. The lowest BCUT2D eigenvalue weighted by Crippen LogP contribution is -2.20. The fourth-order valence-corrected chi connectivity index (χ4v) is 1.57. The van der Waals surface area contributed by atoms with Crippen molar-refractivity contribution >= 4 is 5.71 Å². The number of nitrogens with two attached hydrogens (primary N) is 1. The fraction of sp³-hybridized carbons (Fsp3) is 0.364. The Morgan fingerprint density at radius 2 is 2.44 bits per heavy atom. The van der Waals surface area contributed by atoms with Gasteiger partial charge in [-0.1, -0.05) is 5.16 Å². The number of rotatable bonds is 3. The zero-order valence-corrected chi connectivity index (χ0v) is 8.94. The van der Waals surface area contributed by atoms with E-state index in [1.165, 1.54) is 13.2 Å². The molecule has 0 amide bonds. The van der Waals surface area contributed by atoms with Crippen LogP contribution < -0.4 is 10.5 Å². The maximum atomic E-state index is 13.4. The molecule has 4 nitrogen and oxygen atoms in total. The van der Waals surface area contributed by atoms with E-state index >= 15 is 0 Å². The molecule has 1 aromatic rings. The molecular weight excluding hydrogens is 211 g/mol. The molecule has 0 fully saturated rings. The molecule has 0 aliphatic carbocycles. The van der Waals surface area contributed by atoms with Crippen molar-refractivity contribution in [2.75, 3.05) is 13.7 Å². The lowest BCUT2D eigenvalue weighted by atomic mass is 10.0. The first-order valence-electron chi connectivity index (χ1n) is 5.01. The molecule has 0 saturated carbocycles.